The maximum Gasteiger partial charge on any atom is 0.161 e. The molecule has 9 aromatic rings. The van der Waals surface area contributed by atoms with Gasteiger partial charge in [0.2, 0.25) is 0 Å². The van der Waals surface area contributed by atoms with Gasteiger partial charge in [0.05, 0.1) is 0 Å². The lowest BCUT2D eigenvalue weighted by Crippen LogP contribution is -2.05. The summed E-state index contributed by atoms with van der Waals surface area (Å²) in [4.78, 5) is 9.90. The number of aliphatic imine (C=N–C) groups is 2. The fraction of sp³-hybridized carbons (Fsp3) is 0. The fourth-order valence-corrected chi connectivity index (χ4v) is 6.98. The Kier molecular flexibility index (Phi) is 8.42. The van der Waals surface area contributed by atoms with Crippen LogP contribution in [0.1, 0.15) is 22.5 Å². The smallest absolute Gasteiger partial charge is 0.161 e. The van der Waals surface area contributed by atoms with E-state index in [0.29, 0.717) is 17.2 Å². The second-order valence-electron chi connectivity index (χ2n) is 13.0. The van der Waals surface area contributed by atoms with Gasteiger partial charge in [0.1, 0.15) is 22.5 Å². The zero-order chi connectivity index (χ0) is 36.4. The Balaban J connectivity index is 1.18. The van der Waals surface area contributed by atoms with E-state index >= 15 is 0 Å². The molecule has 0 fully saturated rings. The predicted octanol–water partition coefficient (Wildman–Crippen LogP) is 12.9. The predicted molar refractivity (Wildman–Crippen MR) is 225 cm³/mol. The number of fused-ring (bicyclic) bond motifs is 5. The van der Waals surface area contributed by atoms with Gasteiger partial charge in [-0.2, -0.15) is 0 Å². The molecule has 0 unspecified atom stereocenters. The van der Waals surface area contributed by atoms with Crippen molar-refractivity contribution in [3.05, 3.63) is 199 Å². The van der Waals surface area contributed by atoms with E-state index in [1.54, 1.807) is 12.3 Å². The third-order valence-electron chi connectivity index (χ3n) is 9.66. The zero-order valence-electron chi connectivity index (χ0n) is 29.2. The van der Waals surface area contributed by atoms with Crippen LogP contribution < -0.4 is 0 Å². The minimum Gasteiger partial charge on any atom is -0.456 e. The molecule has 0 saturated heterocycles. The molecule has 0 aliphatic rings. The van der Waals surface area contributed by atoms with E-state index in [9.17, 15) is 0 Å². The highest BCUT2D eigenvalue weighted by Gasteiger charge is 2.18. The molecular formula is C49H33N3O2. The fourth-order valence-electron chi connectivity index (χ4n) is 6.98. The van der Waals surface area contributed by atoms with Crippen LogP contribution in [0.4, 0.5) is 0 Å². The van der Waals surface area contributed by atoms with Gasteiger partial charge in [-0.15, -0.1) is 0 Å². The van der Waals surface area contributed by atoms with Crippen LogP contribution in [0.2, 0.25) is 0 Å². The van der Waals surface area contributed by atoms with E-state index in [1.165, 1.54) is 0 Å². The molecule has 256 valence electrons. The number of hydrogen-bond donors (Lipinski definition) is 1. The topological polar surface area (TPSA) is 74.8 Å². The molecular weight excluding hydrogens is 663 g/mol. The largest absolute Gasteiger partial charge is 0.456 e. The van der Waals surface area contributed by atoms with Crippen LogP contribution in [-0.4, -0.2) is 17.9 Å². The number of para-hydroxylation sites is 1. The molecule has 9 rings (SSSR count). The van der Waals surface area contributed by atoms with Crippen LogP contribution >= 0.6 is 0 Å². The minimum absolute atomic E-state index is 0.115. The molecule has 1 N–H and O–H groups in total. The Morgan fingerprint density at radius 1 is 0.574 bits per heavy atom. The van der Waals surface area contributed by atoms with Crippen LogP contribution in [0.15, 0.2) is 195 Å². The molecule has 0 radical (unpaired) electrons. The molecule has 0 amide bonds. The lowest BCUT2D eigenvalue weighted by molar-refractivity contribution is 0.603. The summed E-state index contributed by atoms with van der Waals surface area (Å²) < 4.78 is 12.7. The first kappa shape index (κ1) is 32.5. The van der Waals surface area contributed by atoms with Crippen molar-refractivity contribution in [2.24, 2.45) is 9.98 Å². The van der Waals surface area contributed by atoms with Gasteiger partial charge in [-0.1, -0.05) is 146 Å². The summed E-state index contributed by atoms with van der Waals surface area (Å²) in [5.41, 5.74) is 8.83. The first-order valence-corrected chi connectivity index (χ1v) is 17.8. The molecule has 5 heteroatoms. The highest BCUT2D eigenvalue weighted by atomic mass is 16.3. The monoisotopic (exact) mass is 695 g/mol. The summed E-state index contributed by atoms with van der Waals surface area (Å²) >= 11 is 0. The maximum atomic E-state index is 9.12. The Hall–Kier alpha value is -7.37. The molecule has 0 aliphatic heterocycles. The second kappa shape index (κ2) is 14.0. The molecule has 2 heterocycles. The van der Waals surface area contributed by atoms with Crippen molar-refractivity contribution in [3.8, 4) is 22.3 Å². The lowest BCUT2D eigenvalue weighted by atomic mass is 9.97. The molecule has 2 aromatic heterocycles. The van der Waals surface area contributed by atoms with Crippen molar-refractivity contribution in [3.63, 3.8) is 0 Å². The normalized spacial score (nSPS) is 12.2. The summed E-state index contributed by atoms with van der Waals surface area (Å²) in [6.07, 6.45) is 7.26. The number of amidine groups is 2. The second-order valence-corrected chi connectivity index (χ2v) is 13.0. The molecule has 0 saturated carbocycles. The van der Waals surface area contributed by atoms with Gasteiger partial charge in [0.15, 0.2) is 11.7 Å². The Morgan fingerprint density at radius 2 is 1.28 bits per heavy atom. The van der Waals surface area contributed by atoms with Gasteiger partial charge >= 0.3 is 0 Å². The summed E-state index contributed by atoms with van der Waals surface area (Å²) in [7, 11) is 0. The number of nitrogens with one attached hydrogen (secondary N) is 1. The average molecular weight is 696 g/mol. The van der Waals surface area contributed by atoms with Crippen molar-refractivity contribution in [1.29, 1.82) is 5.41 Å². The van der Waals surface area contributed by atoms with Crippen LogP contribution in [0.5, 0.6) is 0 Å². The third-order valence-corrected chi connectivity index (χ3v) is 9.66. The van der Waals surface area contributed by atoms with Crippen LogP contribution in [-0.2, 0) is 0 Å². The van der Waals surface area contributed by atoms with Crippen molar-refractivity contribution < 1.29 is 8.83 Å². The van der Waals surface area contributed by atoms with Crippen LogP contribution in [0.25, 0.3) is 72.0 Å². The summed E-state index contributed by atoms with van der Waals surface area (Å²) in [6.45, 7) is 3.88. The highest BCUT2D eigenvalue weighted by molar-refractivity contribution is 6.17. The van der Waals surface area contributed by atoms with Crippen molar-refractivity contribution in [2.45, 2.75) is 0 Å². The number of hydrogen-bond acceptors (Lipinski definition) is 3. The number of nitrogens with zero attached hydrogens (tertiary/aromatic N) is 2. The highest BCUT2D eigenvalue weighted by Crippen LogP contribution is 2.38. The standard InChI is InChI=1S/C49H33N3O2/c1-2-3-18-44-42(47-39(17-11-20-45(47)53-44)37-27-28-41-40-16-9-10-19-43(40)54-46(41)30-37)31-51-49(35-24-21-34(22-25-35)32-12-5-4-6-13-32)52-48(50)38-26-23-33-14-7-8-15-36(33)29-38/h2-31,50H,1H2/b18-3-,50-48?,51-31?,52-49?. The van der Waals surface area contributed by atoms with E-state index in [-0.39, 0.29) is 5.84 Å². The van der Waals surface area contributed by atoms with Crippen molar-refractivity contribution in [2.75, 3.05) is 0 Å². The first-order valence-electron chi connectivity index (χ1n) is 17.8. The van der Waals surface area contributed by atoms with E-state index in [4.69, 9.17) is 24.2 Å². The molecule has 0 aliphatic carbocycles. The van der Waals surface area contributed by atoms with Gasteiger partial charge in [-0.3, -0.25) is 5.41 Å². The van der Waals surface area contributed by atoms with Gasteiger partial charge in [-0.05, 0) is 69.4 Å². The number of benzene rings is 7. The van der Waals surface area contributed by atoms with E-state index < -0.39 is 0 Å². The molecule has 5 nitrogen and oxygen atoms in total. The van der Waals surface area contributed by atoms with Crippen molar-refractivity contribution in [1.82, 2.24) is 0 Å². The van der Waals surface area contributed by atoms with Crippen LogP contribution in [0, 0.1) is 5.41 Å². The Bertz CT molecular complexity index is 2960. The van der Waals surface area contributed by atoms with E-state index in [2.05, 4.69) is 67.2 Å². The zero-order valence-corrected chi connectivity index (χ0v) is 29.2. The molecule has 54 heavy (non-hydrogen) atoms. The van der Waals surface area contributed by atoms with Gasteiger partial charge in [0, 0.05) is 39.1 Å². The van der Waals surface area contributed by atoms with Gasteiger partial charge in [-0.25, -0.2) is 9.98 Å². The summed E-state index contributed by atoms with van der Waals surface area (Å²) in [5.74, 6) is 1.15. The quantitative estimate of drug-likeness (QED) is 0.102. The number of furan rings is 2. The van der Waals surface area contributed by atoms with Gasteiger partial charge in [0.25, 0.3) is 0 Å². The number of allylic oxidation sites excluding steroid dienone is 2. The average Bonchev–Trinajstić information content (AvgIpc) is 3.79. The first-order chi connectivity index (χ1) is 26.6. The van der Waals surface area contributed by atoms with E-state index in [0.717, 1.165) is 77.1 Å². The molecule has 0 spiro atoms. The number of rotatable bonds is 7. The van der Waals surface area contributed by atoms with Crippen molar-refractivity contribution >= 4 is 67.6 Å². The Morgan fingerprint density at radius 3 is 2.13 bits per heavy atom. The summed E-state index contributed by atoms with van der Waals surface area (Å²) in [6, 6.07) is 52.9. The summed E-state index contributed by atoms with van der Waals surface area (Å²) in [5, 5.41) is 14.3. The SMILES string of the molecule is C=C/C=C\c1oc2cccc(-c3ccc4c(c3)oc3ccccc34)c2c1C=NC(=NC(=N)c1ccc2ccccc2c1)c1ccc(-c2ccccc2)cc1. The lowest BCUT2D eigenvalue weighted by Gasteiger charge is -2.07. The Labute approximate surface area is 312 Å². The minimum atomic E-state index is 0.115. The van der Waals surface area contributed by atoms with E-state index in [1.807, 2.05) is 109 Å². The van der Waals surface area contributed by atoms with Gasteiger partial charge < -0.3 is 8.83 Å². The third kappa shape index (κ3) is 6.14. The van der Waals surface area contributed by atoms with Crippen LogP contribution in [0.3, 0.4) is 0 Å². The molecule has 0 atom stereocenters. The maximum absolute atomic E-state index is 9.12. The molecule has 0 bridgehead atoms. The molecule has 7 aromatic carbocycles.